The second-order valence-electron chi connectivity index (χ2n) is 9.02. The number of nitrogens with zero attached hydrogens (tertiary/aromatic N) is 2. The van der Waals surface area contributed by atoms with Crippen molar-refractivity contribution in [3.05, 3.63) is 64.2 Å². The van der Waals surface area contributed by atoms with Crippen molar-refractivity contribution in [1.82, 2.24) is 4.90 Å². The van der Waals surface area contributed by atoms with Gasteiger partial charge in [0.05, 0.1) is 42.1 Å². The van der Waals surface area contributed by atoms with E-state index >= 15 is 0 Å². The molecule has 41 heavy (non-hydrogen) atoms. The Labute approximate surface area is 232 Å². The van der Waals surface area contributed by atoms with Crippen molar-refractivity contribution in [2.24, 2.45) is 0 Å². The molecule has 0 fully saturated rings. The monoisotopic (exact) mass is 603 g/mol. The van der Waals surface area contributed by atoms with Crippen LogP contribution in [0.2, 0.25) is 0 Å². The minimum Gasteiger partial charge on any atom is -0.453 e. The molecule has 0 saturated carbocycles. The van der Waals surface area contributed by atoms with Gasteiger partial charge in [-0.1, -0.05) is 6.92 Å². The first-order valence-electron chi connectivity index (χ1n) is 13.4. The highest BCUT2D eigenvalue weighted by atomic mass is 19.4. The molecule has 0 N–H and O–H groups in total. The van der Waals surface area contributed by atoms with Gasteiger partial charge in [-0.05, 0) is 67.2 Å². The van der Waals surface area contributed by atoms with Gasteiger partial charge in [-0.25, -0.2) is 9.59 Å². The third-order valence-electron chi connectivity index (χ3n) is 6.48. The average molecular weight is 603 g/mol. The van der Waals surface area contributed by atoms with E-state index in [0.717, 1.165) is 18.1 Å². The van der Waals surface area contributed by atoms with Crippen molar-refractivity contribution in [1.29, 1.82) is 0 Å². The molecule has 2 amide bonds. The van der Waals surface area contributed by atoms with Gasteiger partial charge in [0, 0.05) is 16.7 Å². The van der Waals surface area contributed by atoms with Gasteiger partial charge in [-0.2, -0.15) is 39.5 Å². The first-order chi connectivity index (χ1) is 20.1. The van der Waals surface area contributed by atoms with Crippen molar-refractivity contribution >= 4 is 17.9 Å². The fourth-order valence-electron chi connectivity index (χ4n) is 4.65. The largest absolute Gasteiger partial charge is 0.453 e. The number of carbonyl (C=O) groups is 2. The fraction of sp³-hybridized carbons (Fsp3) is 0.462. The zero-order valence-electron chi connectivity index (χ0n) is 24.4. The molecule has 0 saturated heterocycles. The number of halogens is 9. The van der Waals surface area contributed by atoms with E-state index < -0.39 is 85.1 Å². The number of carbonyl (C=O) groups excluding carboxylic acids is 2. The Balaban J connectivity index is 2.21. The van der Waals surface area contributed by atoms with Gasteiger partial charge >= 0.3 is 30.7 Å². The van der Waals surface area contributed by atoms with Gasteiger partial charge in [-0.3, -0.25) is 9.80 Å². The smallest absolute Gasteiger partial charge is 0.416 e. The predicted octanol–water partition coefficient (Wildman–Crippen LogP) is 8.20. The second kappa shape index (κ2) is 11.7. The van der Waals surface area contributed by atoms with E-state index in [-0.39, 0.29) is 30.2 Å². The number of methoxy groups -OCH3 is 1. The Morgan fingerprint density at radius 3 is 2.02 bits per heavy atom. The average Bonchev–Trinajstić information content (AvgIpc) is 2.91. The minimum atomic E-state index is -5.21. The second-order valence-corrected chi connectivity index (χ2v) is 9.02. The molecule has 2 atom stereocenters. The van der Waals surface area contributed by atoms with Gasteiger partial charge < -0.3 is 9.47 Å². The van der Waals surface area contributed by atoms with Crippen LogP contribution in [0.5, 0.6) is 0 Å². The third kappa shape index (κ3) is 6.99. The molecule has 2 aromatic carbocycles. The minimum absolute atomic E-state index is 0.0661. The molecule has 1 aliphatic heterocycles. The lowest BCUT2D eigenvalue weighted by Crippen LogP contribution is -2.48. The number of hydrogen-bond acceptors (Lipinski definition) is 4. The normalized spacial score (nSPS) is 19.0. The van der Waals surface area contributed by atoms with Gasteiger partial charge in [0.15, 0.2) is 0 Å². The molecule has 226 valence electrons. The van der Waals surface area contributed by atoms with Crippen LogP contribution in [0.3, 0.4) is 0 Å². The highest BCUT2D eigenvalue weighted by Crippen LogP contribution is 2.45. The number of benzene rings is 2. The highest BCUT2D eigenvalue weighted by molar-refractivity contribution is 5.90. The summed E-state index contributed by atoms with van der Waals surface area (Å²) in [7, 11) is 0.855. The molecule has 15 heteroatoms. The lowest BCUT2D eigenvalue weighted by atomic mass is 9.87. The molecule has 0 aliphatic carbocycles. The third-order valence-corrected chi connectivity index (χ3v) is 6.48. The van der Waals surface area contributed by atoms with Gasteiger partial charge in [-0.15, -0.1) is 0 Å². The van der Waals surface area contributed by atoms with Crippen molar-refractivity contribution in [3.63, 3.8) is 0 Å². The summed E-state index contributed by atoms with van der Waals surface area (Å²) in [5.41, 5.74) is -5.85. The Morgan fingerprint density at radius 2 is 1.54 bits per heavy atom. The molecule has 2 aromatic rings. The zero-order valence-corrected chi connectivity index (χ0v) is 21.4. The van der Waals surface area contributed by atoms with Crippen molar-refractivity contribution in [2.45, 2.75) is 63.8 Å². The Bertz CT molecular complexity index is 1350. The Morgan fingerprint density at radius 1 is 0.951 bits per heavy atom. The molecular weight excluding hydrogens is 575 g/mol. The summed E-state index contributed by atoms with van der Waals surface area (Å²) in [6.45, 7) is -3.16. The number of alkyl halides is 9. The molecule has 3 rings (SSSR count). The van der Waals surface area contributed by atoms with E-state index in [0.29, 0.717) is 29.2 Å². The molecule has 1 heterocycles. The van der Waals surface area contributed by atoms with E-state index in [4.69, 9.17) is 13.6 Å². The van der Waals surface area contributed by atoms with Crippen LogP contribution in [0.1, 0.15) is 64.6 Å². The molecule has 0 unspecified atom stereocenters. The molecule has 0 bridgehead atoms. The number of fused-ring (bicyclic) bond motifs is 1. The summed E-state index contributed by atoms with van der Waals surface area (Å²) in [5.74, 6) is 0. The maximum absolute atomic E-state index is 13.7. The molecule has 0 aromatic heterocycles. The van der Waals surface area contributed by atoms with Crippen LogP contribution < -0.4 is 4.90 Å². The summed E-state index contributed by atoms with van der Waals surface area (Å²) >= 11 is 0. The van der Waals surface area contributed by atoms with E-state index in [1.165, 1.54) is 0 Å². The van der Waals surface area contributed by atoms with Crippen LogP contribution >= 0.6 is 0 Å². The summed E-state index contributed by atoms with van der Waals surface area (Å²) in [5, 5.41) is 0. The lowest BCUT2D eigenvalue weighted by Gasteiger charge is -2.43. The number of rotatable bonds is 5. The van der Waals surface area contributed by atoms with Crippen LogP contribution in [-0.2, 0) is 34.5 Å². The number of anilines is 1. The molecule has 1 aliphatic rings. The molecule has 0 spiro atoms. The maximum atomic E-state index is 13.7. The van der Waals surface area contributed by atoms with Crippen molar-refractivity contribution in [2.75, 3.05) is 18.6 Å². The number of amides is 2. The molecular formula is C26H25F9N2O4. The van der Waals surface area contributed by atoms with Crippen LogP contribution in [-0.4, -0.2) is 36.8 Å². The first-order valence-corrected chi connectivity index (χ1v) is 11.9. The SMILES string of the molecule is [2H]C([2H])([2H])COC(=O)N1c2ccc(C(F)(F)F)cc2[C@@H](N(Cc2cc(C(F)(F)F)cc(C(F)(F)F)c2)C(=O)OC)C[C@H]1CC. The molecule has 6 nitrogen and oxygen atoms in total. The summed E-state index contributed by atoms with van der Waals surface area (Å²) < 4.78 is 154. The first kappa shape index (κ1) is 27.5. The van der Waals surface area contributed by atoms with Crippen molar-refractivity contribution < 1.29 is 62.7 Å². The van der Waals surface area contributed by atoms with E-state index in [1.807, 2.05) is 0 Å². The summed E-state index contributed by atoms with van der Waals surface area (Å²) in [6, 6.07) is 0.279. The van der Waals surface area contributed by atoms with E-state index in [1.54, 1.807) is 6.92 Å². The predicted molar refractivity (Wildman–Crippen MR) is 127 cm³/mol. The topological polar surface area (TPSA) is 59.1 Å². The molecule has 0 radical (unpaired) electrons. The Hall–Kier alpha value is -3.65. The van der Waals surface area contributed by atoms with E-state index in [2.05, 4.69) is 0 Å². The van der Waals surface area contributed by atoms with E-state index in [9.17, 15) is 49.1 Å². The van der Waals surface area contributed by atoms with Crippen LogP contribution in [0.4, 0.5) is 54.8 Å². The van der Waals surface area contributed by atoms with Gasteiger partial charge in [0.2, 0.25) is 0 Å². The quantitative estimate of drug-likeness (QED) is 0.324. The number of hydrogen-bond donors (Lipinski definition) is 0. The number of ether oxygens (including phenoxy) is 2. The maximum Gasteiger partial charge on any atom is 0.416 e. The van der Waals surface area contributed by atoms with Crippen LogP contribution in [0, 0.1) is 0 Å². The summed E-state index contributed by atoms with van der Waals surface area (Å²) in [4.78, 5) is 27.5. The van der Waals surface area contributed by atoms with Gasteiger partial charge in [0.25, 0.3) is 0 Å². The van der Waals surface area contributed by atoms with Gasteiger partial charge in [0.1, 0.15) is 0 Å². The van der Waals surface area contributed by atoms with Crippen molar-refractivity contribution in [3.8, 4) is 0 Å². The standard InChI is InChI=1S/C26H25F9N2O4/c1-4-18-12-21(19-11-15(24(27,28)29)6-7-20(19)37(18)23(39)41-5-2)36(22(38)40-3)13-14-8-16(25(30,31)32)10-17(9-14)26(33,34)35/h6-11,18,21H,4-5,12-13H2,1-3H3/t18-,21+/m1/s1/i2D3. The van der Waals surface area contributed by atoms with Crippen LogP contribution in [0.25, 0.3) is 0 Å². The zero-order chi connectivity index (χ0) is 33.4. The highest BCUT2D eigenvalue weighted by Gasteiger charge is 2.43. The lowest BCUT2D eigenvalue weighted by molar-refractivity contribution is -0.143. The summed E-state index contributed by atoms with van der Waals surface area (Å²) in [6.07, 6.45) is -18.2. The Kier molecular flexibility index (Phi) is 7.84. The van der Waals surface area contributed by atoms with Crippen LogP contribution in [0.15, 0.2) is 36.4 Å². The fourth-order valence-corrected chi connectivity index (χ4v) is 4.65.